The predicted octanol–water partition coefficient (Wildman–Crippen LogP) is -3.56. The fraction of sp³-hybridized carbons (Fsp3) is 0.714. The molecule has 0 fully saturated rings. The van der Waals surface area contributed by atoms with Gasteiger partial charge in [0.25, 0.3) is 0 Å². The van der Waals surface area contributed by atoms with Crippen molar-refractivity contribution in [1.29, 1.82) is 0 Å². The van der Waals surface area contributed by atoms with Gasteiger partial charge in [0, 0.05) is 13.0 Å². The van der Waals surface area contributed by atoms with Gasteiger partial charge in [-0.1, -0.05) is 41.5 Å². The van der Waals surface area contributed by atoms with Gasteiger partial charge in [0.05, 0.1) is 19.1 Å². The van der Waals surface area contributed by atoms with Gasteiger partial charge in [-0.25, -0.2) is 4.79 Å². The van der Waals surface area contributed by atoms with Crippen molar-refractivity contribution in [2.45, 2.75) is 129 Å². The van der Waals surface area contributed by atoms with Gasteiger partial charge in [-0.3, -0.25) is 43.3 Å². The lowest BCUT2D eigenvalue weighted by molar-refractivity contribution is -0.147. The summed E-state index contributed by atoms with van der Waals surface area (Å²) in [5.74, 6) is -11.0. The van der Waals surface area contributed by atoms with E-state index < -0.39 is 115 Å². The molecule has 330 valence electrons. The lowest BCUT2D eigenvalue weighted by Crippen LogP contribution is -2.61. The molecule has 0 aromatic carbocycles. The Balaban J connectivity index is 6.25. The second-order valence-electron chi connectivity index (χ2n) is 14.9. The first kappa shape index (κ1) is 52.4. The van der Waals surface area contributed by atoms with Crippen LogP contribution in [-0.2, 0) is 43.2 Å². The second kappa shape index (κ2) is 26.4. The Bertz CT molecular complexity index is 1470. The van der Waals surface area contributed by atoms with E-state index in [0.717, 1.165) is 0 Å². The Morgan fingerprint density at radius 3 is 1.45 bits per heavy atom. The van der Waals surface area contributed by atoms with Gasteiger partial charge in [-0.05, 0) is 49.9 Å². The van der Waals surface area contributed by atoms with Crippen LogP contribution in [0.5, 0.6) is 0 Å². The second-order valence-corrected chi connectivity index (χ2v) is 14.9. The highest BCUT2D eigenvalue weighted by molar-refractivity contribution is 5.97. The number of carboxylic acid groups (broad SMARTS) is 3. The average molecular weight is 831 g/mol. The highest BCUT2D eigenvalue weighted by atomic mass is 16.4. The average Bonchev–Trinajstić information content (AvgIpc) is 3.10. The van der Waals surface area contributed by atoms with Gasteiger partial charge in [0.1, 0.15) is 36.3 Å². The van der Waals surface area contributed by atoms with E-state index in [-0.39, 0.29) is 62.9 Å². The summed E-state index contributed by atoms with van der Waals surface area (Å²) in [5.41, 5.74) is 16.6. The number of hydrogen-bond acceptors (Lipinski definition) is 12. The first-order valence-electron chi connectivity index (χ1n) is 18.8. The normalized spacial score (nSPS) is 14.7. The highest BCUT2D eigenvalue weighted by Crippen LogP contribution is 2.11. The number of carbonyl (C=O) groups excluding carboxylic acids is 6. The largest absolute Gasteiger partial charge is 0.481 e. The van der Waals surface area contributed by atoms with Crippen molar-refractivity contribution in [3.05, 3.63) is 0 Å². The van der Waals surface area contributed by atoms with Gasteiger partial charge in [0.2, 0.25) is 35.4 Å². The molecule has 0 aromatic rings. The number of carbonyl (C=O) groups is 9. The van der Waals surface area contributed by atoms with Crippen LogP contribution in [0.3, 0.4) is 0 Å². The monoisotopic (exact) mass is 830 g/mol. The van der Waals surface area contributed by atoms with E-state index in [2.05, 4.69) is 36.9 Å². The molecule has 0 aliphatic heterocycles. The molecular weight excluding hydrogens is 768 g/mol. The van der Waals surface area contributed by atoms with Gasteiger partial charge in [-0.2, -0.15) is 0 Å². The minimum absolute atomic E-state index is 0.00876. The number of nitrogens with two attached hydrogens (primary N) is 3. The van der Waals surface area contributed by atoms with Gasteiger partial charge < -0.3 is 69.5 Å². The van der Waals surface area contributed by atoms with E-state index >= 15 is 0 Å². The van der Waals surface area contributed by atoms with Crippen molar-refractivity contribution >= 4 is 59.3 Å². The zero-order valence-electron chi connectivity index (χ0n) is 33.8. The van der Waals surface area contributed by atoms with Crippen molar-refractivity contribution in [2.24, 2.45) is 39.9 Å². The number of rotatable bonds is 28. The molecular formula is C35H62N10O13. The van der Waals surface area contributed by atoms with Crippen LogP contribution in [0, 0.1) is 17.8 Å². The van der Waals surface area contributed by atoms with Crippen molar-refractivity contribution in [1.82, 2.24) is 31.9 Å². The van der Waals surface area contributed by atoms with E-state index in [9.17, 15) is 53.4 Å². The SMILES string of the molecule is CC(C)C[C@H](NC(=O)[C@H](CC(C)C)NC(=O)[C@@H](N)CCC(=O)O)C(=O)N[C@@H](CO)C(=O)N[C@@H](CCCN=C(N)N)C(=O)N[C@H](C(=O)N[C@@H](CC(=O)O)C(=O)O)C(C)C. The third-order valence-corrected chi connectivity index (χ3v) is 8.32. The Hall–Kier alpha value is -5.58. The molecule has 0 aromatic heterocycles. The van der Waals surface area contributed by atoms with Crippen LogP contribution in [0.25, 0.3) is 0 Å². The van der Waals surface area contributed by atoms with Gasteiger partial charge >= 0.3 is 17.9 Å². The van der Waals surface area contributed by atoms with Crippen molar-refractivity contribution < 1.29 is 63.6 Å². The zero-order valence-corrected chi connectivity index (χ0v) is 33.8. The molecule has 0 aliphatic rings. The summed E-state index contributed by atoms with van der Waals surface area (Å²) < 4.78 is 0. The molecule has 0 saturated carbocycles. The number of carboxylic acids is 3. The van der Waals surface area contributed by atoms with Crippen LogP contribution in [0.4, 0.5) is 0 Å². The third-order valence-electron chi connectivity index (χ3n) is 8.32. The topological polar surface area (TPSA) is 397 Å². The van der Waals surface area contributed by atoms with Crippen molar-refractivity contribution in [3.63, 3.8) is 0 Å². The van der Waals surface area contributed by atoms with Crippen LogP contribution >= 0.6 is 0 Å². The fourth-order valence-corrected chi connectivity index (χ4v) is 5.30. The van der Waals surface area contributed by atoms with E-state index in [1.54, 1.807) is 27.7 Å². The molecule has 6 amide bonds. The Kier molecular flexibility index (Phi) is 23.8. The molecule has 16 N–H and O–H groups in total. The van der Waals surface area contributed by atoms with Crippen LogP contribution < -0.4 is 49.1 Å². The zero-order chi connectivity index (χ0) is 44.9. The molecule has 58 heavy (non-hydrogen) atoms. The van der Waals surface area contributed by atoms with Crippen molar-refractivity contribution in [2.75, 3.05) is 13.2 Å². The summed E-state index contributed by atoms with van der Waals surface area (Å²) in [6.45, 7) is 9.14. The van der Waals surface area contributed by atoms with E-state index in [1.165, 1.54) is 13.8 Å². The maximum Gasteiger partial charge on any atom is 0.326 e. The molecule has 0 heterocycles. The number of aliphatic imine (C=N–C) groups is 1. The summed E-state index contributed by atoms with van der Waals surface area (Å²) >= 11 is 0. The summed E-state index contributed by atoms with van der Waals surface area (Å²) in [5, 5.41) is 51.9. The van der Waals surface area contributed by atoms with E-state index in [4.69, 9.17) is 27.4 Å². The quantitative estimate of drug-likeness (QED) is 0.0206. The lowest BCUT2D eigenvalue weighted by Gasteiger charge is -2.28. The van der Waals surface area contributed by atoms with Crippen molar-refractivity contribution in [3.8, 4) is 0 Å². The Labute approximate surface area is 336 Å². The molecule has 0 bridgehead atoms. The van der Waals surface area contributed by atoms with E-state index in [0.29, 0.717) is 0 Å². The van der Waals surface area contributed by atoms with Crippen LogP contribution in [0.15, 0.2) is 4.99 Å². The summed E-state index contributed by atoms with van der Waals surface area (Å²) in [7, 11) is 0. The highest BCUT2D eigenvalue weighted by Gasteiger charge is 2.35. The molecule has 0 spiro atoms. The number of aliphatic hydroxyl groups is 1. The maximum absolute atomic E-state index is 13.6. The Morgan fingerprint density at radius 2 is 1.02 bits per heavy atom. The minimum Gasteiger partial charge on any atom is -0.481 e. The standard InChI is InChI=1S/C35H62N10O13/c1-16(2)12-21(41-28(51)19(36)9-10-25(47)48)30(53)42-22(13-17(3)4)31(54)44-24(15-46)32(55)40-20(8-7-11-39-35(37)38)29(52)45-27(18(5)6)33(56)43-23(34(57)58)14-26(49)50/h16-24,27,46H,7-15,36H2,1-6H3,(H,40,55)(H,41,51)(H,42,53)(H,43,56)(H,44,54)(H,45,52)(H,47,48)(H,49,50)(H,57,58)(H4,37,38,39)/t19-,20-,21-,22-,23-,24-,27-/m0/s1. The first-order valence-corrected chi connectivity index (χ1v) is 18.8. The van der Waals surface area contributed by atoms with E-state index in [1.807, 2.05) is 0 Å². The number of nitrogens with one attached hydrogen (secondary N) is 6. The lowest BCUT2D eigenvalue weighted by atomic mass is 9.99. The summed E-state index contributed by atoms with van der Waals surface area (Å²) in [6, 6.07) is -10.0. The molecule has 0 aliphatic carbocycles. The number of aliphatic carboxylic acids is 3. The number of nitrogens with zero attached hydrogens (tertiary/aromatic N) is 1. The van der Waals surface area contributed by atoms with Crippen LogP contribution in [0.1, 0.15) is 86.5 Å². The fourth-order valence-electron chi connectivity index (χ4n) is 5.30. The summed E-state index contributed by atoms with van der Waals surface area (Å²) in [6.07, 6.45) is -1.38. The number of hydrogen-bond donors (Lipinski definition) is 13. The molecule has 23 nitrogen and oxygen atoms in total. The van der Waals surface area contributed by atoms with Crippen LogP contribution in [0.2, 0.25) is 0 Å². The maximum atomic E-state index is 13.6. The smallest absolute Gasteiger partial charge is 0.326 e. The third kappa shape index (κ3) is 21.1. The number of amides is 6. The first-order chi connectivity index (χ1) is 26.9. The van der Waals surface area contributed by atoms with Gasteiger partial charge in [0.15, 0.2) is 5.96 Å². The predicted molar refractivity (Wildman–Crippen MR) is 207 cm³/mol. The Morgan fingerprint density at radius 1 is 0.569 bits per heavy atom. The summed E-state index contributed by atoms with van der Waals surface area (Å²) in [4.78, 5) is 117. The molecule has 23 heteroatoms. The molecule has 7 atom stereocenters. The number of aliphatic hydroxyl groups excluding tert-OH is 1. The molecule has 0 radical (unpaired) electrons. The molecule has 0 unspecified atom stereocenters. The van der Waals surface area contributed by atoms with Crippen LogP contribution in [-0.4, -0.2) is 135 Å². The number of guanidine groups is 1. The molecule has 0 rings (SSSR count). The minimum atomic E-state index is -1.81. The molecule has 0 saturated heterocycles. The van der Waals surface area contributed by atoms with Gasteiger partial charge in [-0.15, -0.1) is 0 Å².